The molecule has 0 radical (unpaired) electrons. The van der Waals surface area contributed by atoms with Crippen molar-refractivity contribution >= 4 is 22.7 Å². The molecule has 0 bridgehead atoms. The van der Waals surface area contributed by atoms with Crippen LogP contribution < -0.4 is 5.32 Å². The zero-order valence-electron chi connectivity index (χ0n) is 12.8. The summed E-state index contributed by atoms with van der Waals surface area (Å²) >= 11 is 3.39. The Kier molecular flexibility index (Phi) is 4.61. The third kappa shape index (κ3) is 3.40. The molecule has 22 heavy (non-hydrogen) atoms. The first-order chi connectivity index (χ1) is 10.6. The summed E-state index contributed by atoms with van der Waals surface area (Å²) in [6, 6.07) is 10.6. The zero-order chi connectivity index (χ0) is 15.5. The van der Waals surface area contributed by atoms with E-state index in [1.54, 1.807) is 22.7 Å². The van der Waals surface area contributed by atoms with Gasteiger partial charge in [-0.3, -0.25) is 0 Å². The minimum absolute atomic E-state index is 0.249. The Hall–Kier alpha value is -1.63. The topological polar surface area (TPSA) is 50.7 Å². The van der Waals surface area contributed by atoms with E-state index in [9.17, 15) is 0 Å². The van der Waals surface area contributed by atoms with Gasteiger partial charge in [-0.15, -0.1) is 32.9 Å². The van der Waals surface area contributed by atoms with E-state index in [2.05, 4.69) is 41.5 Å². The molecule has 0 saturated heterocycles. The van der Waals surface area contributed by atoms with Gasteiger partial charge in [-0.1, -0.05) is 30.3 Å². The van der Waals surface area contributed by atoms with Crippen molar-refractivity contribution in [2.24, 2.45) is 0 Å². The molecule has 1 aromatic carbocycles. The van der Waals surface area contributed by atoms with Gasteiger partial charge in [-0.2, -0.15) is 0 Å². The maximum Gasteiger partial charge on any atom is 0.131 e. The second kappa shape index (κ2) is 6.64. The molecule has 3 rings (SSSR count). The number of benzene rings is 1. The molecule has 0 unspecified atom stereocenters. The smallest absolute Gasteiger partial charge is 0.131 e. The van der Waals surface area contributed by atoms with Crippen molar-refractivity contribution in [3.8, 4) is 10.6 Å². The van der Waals surface area contributed by atoms with E-state index in [1.807, 2.05) is 25.1 Å². The largest absolute Gasteiger partial charge is 0.303 e. The summed E-state index contributed by atoms with van der Waals surface area (Å²) in [7, 11) is 0. The van der Waals surface area contributed by atoms with E-state index in [1.165, 1.54) is 10.4 Å². The predicted molar refractivity (Wildman–Crippen MR) is 92.2 cm³/mol. The summed E-state index contributed by atoms with van der Waals surface area (Å²) in [5, 5.41) is 14.8. The van der Waals surface area contributed by atoms with Gasteiger partial charge in [0.2, 0.25) is 0 Å². The molecule has 0 amide bonds. The van der Waals surface area contributed by atoms with Crippen molar-refractivity contribution in [1.29, 1.82) is 0 Å². The molecule has 2 aromatic heterocycles. The lowest BCUT2D eigenvalue weighted by molar-refractivity contribution is 0.575. The van der Waals surface area contributed by atoms with E-state index in [0.29, 0.717) is 0 Å². The zero-order valence-corrected chi connectivity index (χ0v) is 14.5. The fraction of sp³-hybridized carbons (Fsp3) is 0.312. The molecule has 1 N–H and O–H groups in total. The maximum absolute atomic E-state index is 4.71. The molecule has 0 aliphatic rings. The number of nitrogens with one attached hydrogen (secondary N) is 1. The Bertz CT molecular complexity index is 749. The monoisotopic (exact) mass is 330 g/mol. The Labute approximate surface area is 138 Å². The van der Waals surface area contributed by atoms with Crippen LogP contribution in [0.15, 0.2) is 30.3 Å². The lowest BCUT2D eigenvalue weighted by Crippen LogP contribution is -2.17. The van der Waals surface area contributed by atoms with Gasteiger partial charge in [0.05, 0.1) is 12.2 Å². The summed E-state index contributed by atoms with van der Waals surface area (Å²) in [5.41, 5.74) is 2.27. The van der Waals surface area contributed by atoms with Gasteiger partial charge in [-0.25, -0.2) is 4.98 Å². The summed E-state index contributed by atoms with van der Waals surface area (Å²) in [5.74, 6) is 0. The van der Waals surface area contributed by atoms with Gasteiger partial charge in [0.15, 0.2) is 0 Å². The molecule has 4 nitrogen and oxygen atoms in total. The van der Waals surface area contributed by atoms with Gasteiger partial charge >= 0.3 is 0 Å². The van der Waals surface area contributed by atoms with Crippen molar-refractivity contribution in [3.05, 3.63) is 50.9 Å². The van der Waals surface area contributed by atoms with Crippen LogP contribution in [-0.2, 0) is 6.54 Å². The lowest BCUT2D eigenvalue weighted by Gasteiger charge is -2.11. The van der Waals surface area contributed by atoms with Crippen LogP contribution in [0.5, 0.6) is 0 Å². The minimum atomic E-state index is 0.249. The molecule has 6 heteroatoms. The fourth-order valence-corrected chi connectivity index (χ4v) is 4.01. The Morgan fingerprint density at radius 2 is 1.86 bits per heavy atom. The molecule has 3 aromatic rings. The minimum Gasteiger partial charge on any atom is -0.303 e. The fourth-order valence-electron chi connectivity index (χ4n) is 2.26. The third-order valence-corrected chi connectivity index (χ3v) is 5.60. The Morgan fingerprint density at radius 3 is 2.55 bits per heavy atom. The average molecular weight is 330 g/mol. The Morgan fingerprint density at radius 1 is 1.09 bits per heavy atom. The predicted octanol–water partition coefficient (Wildman–Crippen LogP) is 4.13. The highest BCUT2D eigenvalue weighted by Gasteiger charge is 2.15. The van der Waals surface area contributed by atoms with Gasteiger partial charge in [0.25, 0.3) is 0 Å². The second-order valence-corrected chi connectivity index (χ2v) is 7.45. The Balaban J connectivity index is 1.72. The second-order valence-electron chi connectivity index (χ2n) is 5.15. The van der Waals surface area contributed by atoms with Crippen LogP contribution in [0.4, 0.5) is 0 Å². The third-order valence-electron chi connectivity index (χ3n) is 3.37. The standard InChI is InChI=1S/C16H18N4S2/c1-10(17-9-14-20-19-12(3)21-14)15-11(2)18-16(22-15)13-7-5-4-6-8-13/h4-8,10,17H,9H2,1-3H3/t10-/m0/s1. The van der Waals surface area contributed by atoms with Crippen LogP contribution in [0.1, 0.15) is 33.6 Å². The SMILES string of the molecule is Cc1nnc(CN[C@@H](C)c2sc(-c3ccccc3)nc2C)s1. The first-order valence-electron chi connectivity index (χ1n) is 7.18. The summed E-state index contributed by atoms with van der Waals surface area (Å²) in [4.78, 5) is 5.99. The summed E-state index contributed by atoms with van der Waals surface area (Å²) in [6.07, 6.45) is 0. The molecule has 2 heterocycles. The molecular formula is C16H18N4S2. The van der Waals surface area contributed by atoms with Gasteiger partial charge in [0.1, 0.15) is 15.0 Å². The van der Waals surface area contributed by atoms with Crippen LogP contribution in [-0.4, -0.2) is 15.2 Å². The number of hydrogen-bond donors (Lipinski definition) is 1. The quantitative estimate of drug-likeness (QED) is 0.764. The highest BCUT2D eigenvalue weighted by atomic mass is 32.1. The maximum atomic E-state index is 4.71. The van der Waals surface area contributed by atoms with Crippen molar-refractivity contribution in [2.75, 3.05) is 0 Å². The molecule has 1 atom stereocenters. The molecule has 114 valence electrons. The van der Waals surface area contributed by atoms with Crippen molar-refractivity contribution in [3.63, 3.8) is 0 Å². The van der Waals surface area contributed by atoms with E-state index in [0.717, 1.165) is 27.3 Å². The van der Waals surface area contributed by atoms with Gasteiger partial charge in [-0.05, 0) is 20.8 Å². The first-order valence-corrected chi connectivity index (χ1v) is 8.82. The number of nitrogens with zero attached hydrogens (tertiary/aromatic N) is 3. The van der Waals surface area contributed by atoms with Gasteiger partial charge < -0.3 is 5.32 Å². The number of aryl methyl sites for hydroxylation is 2. The summed E-state index contributed by atoms with van der Waals surface area (Å²) < 4.78 is 0. The van der Waals surface area contributed by atoms with Crippen LogP contribution in [0.3, 0.4) is 0 Å². The first kappa shape index (κ1) is 15.3. The molecule has 0 spiro atoms. The number of thiazole rings is 1. The molecular weight excluding hydrogens is 312 g/mol. The molecule has 0 saturated carbocycles. The normalized spacial score (nSPS) is 12.5. The van der Waals surface area contributed by atoms with Crippen LogP contribution in [0.25, 0.3) is 10.6 Å². The van der Waals surface area contributed by atoms with Crippen LogP contribution in [0.2, 0.25) is 0 Å². The highest BCUT2D eigenvalue weighted by molar-refractivity contribution is 7.15. The number of hydrogen-bond acceptors (Lipinski definition) is 6. The van der Waals surface area contributed by atoms with Crippen molar-refractivity contribution in [1.82, 2.24) is 20.5 Å². The summed E-state index contributed by atoms with van der Waals surface area (Å²) in [6.45, 7) is 6.96. The van der Waals surface area contributed by atoms with Crippen LogP contribution >= 0.6 is 22.7 Å². The lowest BCUT2D eigenvalue weighted by atomic mass is 10.2. The molecule has 0 aliphatic carbocycles. The molecule has 0 aliphatic heterocycles. The van der Waals surface area contributed by atoms with E-state index in [-0.39, 0.29) is 6.04 Å². The van der Waals surface area contributed by atoms with Gasteiger partial charge in [0, 0.05) is 16.5 Å². The molecule has 0 fully saturated rings. The van der Waals surface area contributed by atoms with Crippen molar-refractivity contribution in [2.45, 2.75) is 33.4 Å². The average Bonchev–Trinajstić information content (AvgIpc) is 3.12. The number of aromatic nitrogens is 3. The van der Waals surface area contributed by atoms with Crippen LogP contribution in [0, 0.1) is 13.8 Å². The van der Waals surface area contributed by atoms with E-state index in [4.69, 9.17) is 4.98 Å². The number of rotatable bonds is 5. The van der Waals surface area contributed by atoms with Crippen molar-refractivity contribution < 1.29 is 0 Å². The van der Waals surface area contributed by atoms with E-state index < -0.39 is 0 Å². The van der Waals surface area contributed by atoms with E-state index >= 15 is 0 Å². The highest BCUT2D eigenvalue weighted by Crippen LogP contribution is 2.31.